The van der Waals surface area contributed by atoms with Crippen molar-refractivity contribution < 1.29 is 14.2 Å². The van der Waals surface area contributed by atoms with E-state index in [1.165, 1.54) is 6.33 Å². The van der Waals surface area contributed by atoms with Crippen LogP contribution in [0.25, 0.3) is 17.0 Å². The summed E-state index contributed by atoms with van der Waals surface area (Å²) in [6.07, 6.45) is 6.58. The van der Waals surface area contributed by atoms with Crippen LogP contribution >= 0.6 is 0 Å². The summed E-state index contributed by atoms with van der Waals surface area (Å²) < 4.78 is 20.7. The minimum absolute atomic E-state index is 0.317. The van der Waals surface area contributed by atoms with E-state index in [9.17, 15) is 0 Å². The van der Waals surface area contributed by atoms with Crippen LogP contribution in [0.15, 0.2) is 79.5 Å². The van der Waals surface area contributed by atoms with Crippen LogP contribution in [0.4, 0.5) is 17.6 Å². The molecule has 0 radical (unpaired) electrons. The Kier molecular flexibility index (Phi) is 7.65. The van der Waals surface area contributed by atoms with Gasteiger partial charge in [0.2, 0.25) is 23.6 Å². The lowest BCUT2D eigenvalue weighted by molar-refractivity contribution is 0.258. The minimum atomic E-state index is 0.317. The molecule has 2 aromatic carbocycles. The van der Waals surface area contributed by atoms with E-state index in [2.05, 4.69) is 35.9 Å². The number of ether oxygens (including phenoxy) is 3. The second-order valence-electron chi connectivity index (χ2n) is 8.89. The zero-order chi connectivity index (χ0) is 28.7. The summed E-state index contributed by atoms with van der Waals surface area (Å²) >= 11 is 0. The Morgan fingerprint density at radius 3 is 2.48 bits per heavy atom. The monoisotopic (exact) mass is 565 g/mol. The maximum Gasteiger partial charge on any atom is 0.241 e. The molecular weight excluding hydrogens is 538 g/mol. The van der Waals surface area contributed by atoms with Crippen molar-refractivity contribution in [2.24, 2.45) is 0 Å². The highest BCUT2D eigenvalue weighted by Crippen LogP contribution is 2.40. The number of hydrogen-bond donors (Lipinski definition) is 2. The van der Waals surface area contributed by atoms with Crippen molar-refractivity contribution in [1.82, 2.24) is 44.5 Å². The predicted molar refractivity (Wildman–Crippen MR) is 154 cm³/mol. The lowest BCUT2D eigenvalue weighted by Crippen LogP contribution is -2.11. The maximum absolute atomic E-state index is 5.98. The van der Waals surface area contributed by atoms with Crippen molar-refractivity contribution in [3.63, 3.8) is 0 Å². The van der Waals surface area contributed by atoms with Crippen LogP contribution in [-0.2, 0) is 13.1 Å². The van der Waals surface area contributed by atoms with E-state index in [4.69, 9.17) is 24.2 Å². The molecule has 42 heavy (non-hydrogen) atoms. The lowest BCUT2D eigenvalue weighted by Gasteiger charge is -2.16. The summed E-state index contributed by atoms with van der Waals surface area (Å²) in [5.74, 6) is 2.71. The van der Waals surface area contributed by atoms with Crippen LogP contribution in [-0.4, -0.2) is 65.3 Å². The van der Waals surface area contributed by atoms with Crippen molar-refractivity contribution in [2.75, 3.05) is 31.5 Å². The summed E-state index contributed by atoms with van der Waals surface area (Å²) in [5, 5.41) is 14.3. The SMILES string of the molecule is COc1cc(Nc2ncnc(-n3c(NCc4ccccn4)nc4ccccc43)n2)cc(OC)c1OCCn1ccnn1. The topological polar surface area (TPSA) is 152 Å². The molecule has 14 heteroatoms. The smallest absolute Gasteiger partial charge is 0.241 e. The number of imidazole rings is 1. The molecule has 0 aliphatic heterocycles. The van der Waals surface area contributed by atoms with E-state index >= 15 is 0 Å². The Labute approximate surface area is 240 Å². The normalized spacial score (nSPS) is 10.9. The van der Waals surface area contributed by atoms with Gasteiger partial charge in [-0.15, -0.1) is 5.10 Å². The molecule has 0 aliphatic rings. The minimum Gasteiger partial charge on any atom is -0.493 e. The Bertz CT molecular complexity index is 1750. The van der Waals surface area contributed by atoms with Gasteiger partial charge in [0.25, 0.3) is 0 Å². The highest BCUT2D eigenvalue weighted by Gasteiger charge is 2.18. The summed E-state index contributed by atoms with van der Waals surface area (Å²) in [6.45, 7) is 1.34. The van der Waals surface area contributed by atoms with Crippen molar-refractivity contribution >= 4 is 28.6 Å². The van der Waals surface area contributed by atoms with Crippen LogP contribution in [0.5, 0.6) is 17.2 Å². The average Bonchev–Trinajstić information content (AvgIpc) is 3.69. The van der Waals surface area contributed by atoms with Gasteiger partial charge in [-0.3, -0.25) is 4.98 Å². The van der Waals surface area contributed by atoms with Crippen molar-refractivity contribution in [2.45, 2.75) is 13.1 Å². The van der Waals surface area contributed by atoms with Gasteiger partial charge in [0.05, 0.1) is 50.2 Å². The van der Waals surface area contributed by atoms with E-state index in [-0.39, 0.29) is 0 Å². The standard InChI is InChI=1S/C28H27N11O3/c1-40-23-15-20(16-24(41-2)25(23)42-14-13-38-12-11-33-37-38)34-26-31-18-32-28(36-26)39-22-9-4-3-8-21(22)35-27(39)30-17-19-7-5-6-10-29-19/h3-12,15-16,18H,13-14,17H2,1-2H3,(H,30,35)(H,31,32,34,36). The van der Waals surface area contributed by atoms with Crippen molar-refractivity contribution in [3.8, 4) is 23.2 Å². The molecule has 2 N–H and O–H groups in total. The first-order chi connectivity index (χ1) is 20.7. The molecule has 0 fully saturated rings. The number of benzene rings is 2. The zero-order valence-corrected chi connectivity index (χ0v) is 22.9. The number of para-hydroxylation sites is 2. The molecule has 0 aliphatic carbocycles. The zero-order valence-electron chi connectivity index (χ0n) is 22.9. The first-order valence-corrected chi connectivity index (χ1v) is 13.0. The molecule has 0 saturated heterocycles. The molecule has 4 aromatic heterocycles. The summed E-state index contributed by atoms with van der Waals surface area (Å²) in [6, 6.07) is 17.1. The number of nitrogens with zero attached hydrogens (tertiary/aromatic N) is 9. The Hall–Kier alpha value is -5.79. The highest BCUT2D eigenvalue weighted by atomic mass is 16.5. The molecule has 14 nitrogen and oxygen atoms in total. The number of methoxy groups -OCH3 is 2. The largest absolute Gasteiger partial charge is 0.493 e. The number of fused-ring (bicyclic) bond motifs is 1. The number of nitrogens with one attached hydrogen (secondary N) is 2. The molecule has 0 atom stereocenters. The fraction of sp³-hybridized carbons (Fsp3) is 0.179. The maximum atomic E-state index is 5.98. The van der Waals surface area contributed by atoms with Crippen LogP contribution < -0.4 is 24.8 Å². The molecule has 0 saturated carbocycles. The molecule has 0 bridgehead atoms. The van der Waals surface area contributed by atoms with Crippen LogP contribution in [0, 0.1) is 0 Å². The van der Waals surface area contributed by atoms with E-state index in [0.29, 0.717) is 60.5 Å². The quantitative estimate of drug-likeness (QED) is 0.223. The predicted octanol–water partition coefficient (Wildman–Crippen LogP) is 3.65. The molecular formula is C28H27N11O3. The van der Waals surface area contributed by atoms with E-state index < -0.39 is 0 Å². The first-order valence-electron chi connectivity index (χ1n) is 13.0. The molecule has 6 rings (SSSR count). The van der Waals surface area contributed by atoms with Gasteiger partial charge in [-0.2, -0.15) is 4.98 Å². The van der Waals surface area contributed by atoms with Crippen LogP contribution in [0.2, 0.25) is 0 Å². The first kappa shape index (κ1) is 26.4. The van der Waals surface area contributed by atoms with Gasteiger partial charge >= 0.3 is 0 Å². The third-order valence-electron chi connectivity index (χ3n) is 6.23. The summed E-state index contributed by atoms with van der Waals surface area (Å²) in [4.78, 5) is 22.6. The second-order valence-corrected chi connectivity index (χ2v) is 8.89. The van der Waals surface area contributed by atoms with Gasteiger partial charge in [0.1, 0.15) is 12.9 Å². The fourth-order valence-corrected chi connectivity index (χ4v) is 4.29. The van der Waals surface area contributed by atoms with Gasteiger partial charge in [-0.05, 0) is 24.3 Å². The molecule has 0 spiro atoms. The molecule has 0 unspecified atom stereocenters. The average molecular weight is 566 g/mol. The summed E-state index contributed by atoms with van der Waals surface area (Å²) in [7, 11) is 3.13. The number of aromatic nitrogens is 9. The Balaban J connectivity index is 1.26. The van der Waals surface area contributed by atoms with Gasteiger partial charge in [-0.1, -0.05) is 23.4 Å². The lowest BCUT2D eigenvalue weighted by atomic mass is 10.2. The van der Waals surface area contributed by atoms with Gasteiger partial charge in [0, 0.05) is 30.2 Å². The van der Waals surface area contributed by atoms with E-state index in [0.717, 1.165) is 16.7 Å². The Morgan fingerprint density at radius 2 is 1.71 bits per heavy atom. The van der Waals surface area contributed by atoms with E-state index in [1.54, 1.807) is 49.6 Å². The van der Waals surface area contributed by atoms with Gasteiger partial charge < -0.3 is 24.8 Å². The van der Waals surface area contributed by atoms with Gasteiger partial charge in [-0.25, -0.2) is 24.2 Å². The molecule has 0 amide bonds. The van der Waals surface area contributed by atoms with E-state index in [1.807, 2.05) is 47.0 Å². The summed E-state index contributed by atoms with van der Waals surface area (Å²) in [5.41, 5.74) is 3.15. The number of pyridine rings is 1. The number of rotatable bonds is 12. The molecule has 4 heterocycles. The van der Waals surface area contributed by atoms with Gasteiger partial charge in [0.15, 0.2) is 11.5 Å². The molecule has 6 aromatic rings. The number of anilines is 3. The van der Waals surface area contributed by atoms with Crippen LogP contribution in [0.3, 0.4) is 0 Å². The number of hydrogen-bond acceptors (Lipinski definition) is 12. The molecule has 212 valence electrons. The van der Waals surface area contributed by atoms with Crippen LogP contribution in [0.1, 0.15) is 5.69 Å². The third-order valence-corrected chi connectivity index (χ3v) is 6.23. The van der Waals surface area contributed by atoms with Crippen molar-refractivity contribution in [1.29, 1.82) is 0 Å². The third kappa shape index (κ3) is 5.72. The Morgan fingerprint density at radius 1 is 0.881 bits per heavy atom. The highest BCUT2D eigenvalue weighted by molar-refractivity contribution is 5.80. The second kappa shape index (κ2) is 12.2. The van der Waals surface area contributed by atoms with Crippen molar-refractivity contribution in [3.05, 3.63) is 85.2 Å². The fourth-order valence-electron chi connectivity index (χ4n) is 4.29.